The van der Waals surface area contributed by atoms with E-state index in [0.717, 1.165) is 50.2 Å². The lowest BCUT2D eigenvalue weighted by Gasteiger charge is -2.30. The molecule has 0 amide bonds. The first-order valence-corrected chi connectivity index (χ1v) is 7.71. The molecule has 2 aromatic rings. The summed E-state index contributed by atoms with van der Waals surface area (Å²) in [4.78, 5) is 6.79. The van der Waals surface area contributed by atoms with E-state index in [0.29, 0.717) is 12.4 Å². The van der Waals surface area contributed by atoms with Gasteiger partial charge in [-0.25, -0.2) is 0 Å². The highest BCUT2D eigenvalue weighted by Crippen LogP contribution is 2.29. The normalized spacial score (nSPS) is 14.2. The number of fused-ring (bicyclic) bond motifs is 1. The molecule has 1 aromatic heterocycles. The van der Waals surface area contributed by atoms with Crippen LogP contribution in [0.5, 0.6) is 0 Å². The van der Waals surface area contributed by atoms with Gasteiger partial charge in [-0.3, -0.25) is 0 Å². The molecule has 0 unspecified atom stereocenters. The number of nitrogen functional groups attached to an aromatic ring is 1. The van der Waals surface area contributed by atoms with E-state index in [4.69, 9.17) is 10.3 Å². The molecule has 5 nitrogen and oxygen atoms in total. The smallest absolute Gasteiger partial charge is 0.246 e. The van der Waals surface area contributed by atoms with Gasteiger partial charge in [0.25, 0.3) is 0 Å². The maximum Gasteiger partial charge on any atom is 0.246 e. The number of aromatic nitrogens is 2. The minimum absolute atomic E-state index is 0.677. The van der Waals surface area contributed by atoms with Gasteiger partial charge in [-0.15, -0.1) is 0 Å². The van der Waals surface area contributed by atoms with Crippen LogP contribution in [0.15, 0.2) is 22.7 Å². The summed E-state index contributed by atoms with van der Waals surface area (Å²) in [5.74, 6) is 1.52. The van der Waals surface area contributed by atoms with Crippen LogP contribution in [0, 0.1) is 0 Å². The van der Waals surface area contributed by atoms with Crippen molar-refractivity contribution < 1.29 is 4.52 Å². The summed E-state index contributed by atoms with van der Waals surface area (Å²) in [5, 5.41) is 4.06. The summed E-state index contributed by atoms with van der Waals surface area (Å²) >= 11 is 0. The molecule has 0 fully saturated rings. The van der Waals surface area contributed by atoms with E-state index in [1.54, 1.807) is 0 Å². The third kappa shape index (κ3) is 3.17. The van der Waals surface area contributed by atoms with Crippen LogP contribution in [0.25, 0.3) is 0 Å². The molecule has 2 N–H and O–H groups in total. The maximum absolute atomic E-state index is 5.87. The topological polar surface area (TPSA) is 68.2 Å². The second-order valence-electron chi connectivity index (χ2n) is 5.62. The van der Waals surface area contributed by atoms with Crippen LogP contribution in [-0.2, 0) is 19.4 Å². The second-order valence-corrected chi connectivity index (χ2v) is 5.62. The van der Waals surface area contributed by atoms with Crippen LogP contribution in [0.2, 0.25) is 0 Å². The number of nitrogens with two attached hydrogens (primary N) is 1. The van der Waals surface area contributed by atoms with Gasteiger partial charge in [0.05, 0.1) is 6.54 Å². The fourth-order valence-electron chi connectivity index (χ4n) is 2.81. The van der Waals surface area contributed by atoms with Gasteiger partial charge < -0.3 is 15.2 Å². The van der Waals surface area contributed by atoms with E-state index in [9.17, 15) is 0 Å². The quantitative estimate of drug-likeness (QED) is 0.856. The minimum Gasteiger partial charge on any atom is -0.399 e. The maximum atomic E-state index is 5.87. The molecule has 112 valence electrons. The average Bonchev–Trinajstić information content (AvgIpc) is 2.92. The van der Waals surface area contributed by atoms with Crippen molar-refractivity contribution in [3.63, 3.8) is 0 Å². The Labute approximate surface area is 125 Å². The molecule has 0 atom stereocenters. The highest BCUT2D eigenvalue weighted by molar-refractivity contribution is 5.60. The first-order valence-electron chi connectivity index (χ1n) is 7.71. The Kier molecular flexibility index (Phi) is 4.08. The summed E-state index contributed by atoms with van der Waals surface area (Å²) in [7, 11) is 0. The molecule has 0 bridgehead atoms. The van der Waals surface area contributed by atoms with Crippen LogP contribution in [0.4, 0.5) is 11.4 Å². The van der Waals surface area contributed by atoms with Gasteiger partial charge in [0.2, 0.25) is 5.89 Å². The predicted octanol–water partition coefficient (Wildman–Crippen LogP) is 2.95. The third-order valence-electron chi connectivity index (χ3n) is 3.91. The fraction of sp³-hybridized carbons (Fsp3) is 0.500. The van der Waals surface area contributed by atoms with Gasteiger partial charge in [-0.2, -0.15) is 4.98 Å². The Morgan fingerprint density at radius 2 is 2.29 bits per heavy atom. The van der Waals surface area contributed by atoms with Crippen LogP contribution >= 0.6 is 0 Å². The molecule has 21 heavy (non-hydrogen) atoms. The van der Waals surface area contributed by atoms with E-state index < -0.39 is 0 Å². The monoisotopic (exact) mass is 286 g/mol. The molecule has 0 saturated heterocycles. The molecule has 1 aromatic carbocycles. The standard InChI is InChI=1S/C16H22N4O/c1-2-3-6-15-18-16(21-19-15)11-20-9-4-5-12-10-13(17)7-8-14(12)20/h7-8,10H,2-6,9,11,17H2,1H3. The third-order valence-corrected chi connectivity index (χ3v) is 3.91. The predicted molar refractivity (Wildman–Crippen MR) is 83.1 cm³/mol. The van der Waals surface area contributed by atoms with E-state index >= 15 is 0 Å². The molecule has 5 heteroatoms. The Balaban J connectivity index is 1.73. The summed E-state index contributed by atoms with van der Waals surface area (Å²) in [6, 6.07) is 6.12. The van der Waals surface area contributed by atoms with Crippen LogP contribution in [-0.4, -0.2) is 16.7 Å². The first kappa shape index (κ1) is 13.9. The fourth-order valence-corrected chi connectivity index (χ4v) is 2.81. The number of unbranched alkanes of at least 4 members (excludes halogenated alkanes) is 1. The van der Waals surface area contributed by atoms with Crippen molar-refractivity contribution in [1.82, 2.24) is 10.1 Å². The Hall–Kier alpha value is -2.04. The van der Waals surface area contributed by atoms with Gasteiger partial charge in [0.15, 0.2) is 5.82 Å². The van der Waals surface area contributed by atoms with E-state index in [-0.39, 0.29) is 0 Å². The molecule has 2 heterocycles. The number of benzene rings is 1. The Morgan fingerprint density at radius 3 is 3.14 bits per heavy atom. The van der Waals surface area contributed by atoms with Crippen molar-refractivity contribution in [3.05, 3.63) is 35.5 Å². The molecule has 3 rings (SSSR count). The van der Waals surface area contributed by atoms with Crippen LogP contribution in [0.1, 0.15) is 43.5 Å². The zero-order valence-electron chi connectivity index (χ0n) is 12.5. The highest BCUT2D eigenvalue weighted by atomic mass is 16.5. The van der Waals surface area contributed by atoms with Gasteiger partial charge in [0, 0.05) is 24.3 Å². The van der Waals surface area contributed by atoms with E-state index in [1.165, 1.54) is 11.3 Å². The minimum atomic E-state index is 0.677. The zero-order chi connectivity index (χ0) is 14.7. The first-order chi connectivity index (χ1) is 10.3. The van der Waals surface area contributed by atoms with E-state index in [1.807, 2.05) is 6.07 Å². The zero-order valence-corrected chi connectivity index (χ0v) is 12.5. The molecule has 0 aliphatic carbocycles. The lowest BCUT2D eigenvalue weighted by atomic mass is 10.0. The molecule has 1 aliphatic heterocycles. The van der Waals surface area contributed by atoms with Crippen molar-refractivity contribution in [2.75, 3.05) is 17.2 Å². The van der Waals surface area contributed by atoms with E-state index in [2.05, 4.69) is 34.1 Å². The van der Waals surface area contributed by atoms with Gasteiger partial charge in [0.1, 0.15) is 0 Å². The largest absolute Gasteiger partial charge is 0.399 e. The van der Waals surface area contributed by atoms with Gasteiger partial charge in [-0.05, 0) is 43.0 Å². The number of hydrogen-bond acceptors (Lipinski definition) is 5. The molecule has 0 radical (unpaired) electrons. The second kappa shape index (κ2) is 6.16. The number of aryl methyl sites for hydroxylation is 2. The molecule has 1 aliphatic rings. The Bertz CT molecular complexity index is 608. The summed E-state index contributed by atoms with van der Waals surface area (Å²) in [6.45, 7) is 3.86. The summed E-state index contributed by atoms with van der Waals surface area (Å²) in [5.41, 5.74) is 9.25. The van der Waals surface area contributed by atoms with Gasteiger partial charge in [-0.1, -0.05) is 18.5 Å². The van der Waals surface area contributed by atoms with Gasteiger partial charge >= 0.3 is 0 Å². The van der Waals surface area contributed by atoms with Crippen molar-refractivity contribution in [3.8, 4) is 0 Å². The molecule has 0 spiro atoms. The average molecular weight is 286 g/mol. The number of anilines is 2. The van der Waals surface area contributed by atoms with Crippen LogP contribution < -0.4 is 10.6 Å². The summed E-state index contributed by atoms with van der Waals surface area (Å²) < 4.78 is 5.38. The SMILES string of the molecule is CCCCc1noc(CN2CCCc3cc(N)ccc32)n1. The van der Waals surface area contributed by atoms with Crippen molar-refractivity contribution >= 4 is 11.4 Å². The molecular formula is C16H22N4O. The number of hydrogen-bond donors (Lipinski definition) is 1. The van der Waals surface area contributed by atoms with Crippen molar-refractivity contribution in [2.24, 2.45) is 0 Å². The molecular weight excluding hydrogens is 264 g/mol. The number of nitrogens with zero attached hydrogens (tertiary/aromatic N) is 3. The van der Waals surface area contributed by atoms with Crippen molar-refractivity contribution in [2.45, 2.75) is 45.6 Å². The molecule has 0 saturated carbocycles. The van der Waals surface area contributed by atoms with Crippen LogP contribution in [0.3, 0.4) is 0 Å². The lowest BCUT2D eigenvalue weighted by molar-refractivity contribution is 0.369. The Morgan fingerprint density at radius 1 is 1.38 bits per heavy atom. The van der Waals surface area contributed by atoms with Crippen molar-refractivity contribution in [1.29, 1.82) is 0 Å². The number of rotatable bonds is 5. The summed E-state index contributed by atoms with van der Waals surface area (Å²) in [6.07, 6.45) is 5.36. The lowest BCUT2D eigenvalue weighted by Crippen LogP contribution is -2.29. The highest BCUT2D eigenvalue weighted by Gasteiger charge is 2.19.